The van der Waals surface area contributed by atoms with E-state index in [2.05, 4.69) is 79.1 Å². The standard InChI is InChI=1S/C38H48N8O4/c1-23(2)34(44-38(49)50-5)37(48)46-19-7-9-32(46)36-41-21-30(43-36)28-16-12-26(13-17-28)25-10-14-27(15-11-25)29-20-40-35(42-29)31-8-6-18-45(31)33(47)22-39-24(3)4/h10-17,20-21,23-24,31-32,34,39H,6-9,18-19,22H2,1-5H3,(H,40,42)(H,41,43)(H,44,49)/t31-,32-,34-/m0/s1. The lowest BCUT2D eigenvalue weighted by molar-refractivity contribution is -0.135. The topological polar surface area (TPSA) is 148 Å². The number of ether oxygens (including phenoxy) is 1. The number of nitrogens with one attached hydrogen (secondary N) is 4. The third-order valence-corrected chi connectivity index (χ3v) is 9.71. The molecule has 0 unspecified atom stereocenters. The highest BCUT2D eigenvalue weighted by Gasteiger charge is 2.37. The molecule has 0 aliphatic carbocycles. The number of aromatic amines is 2. The molecule has 4 heterocycles. The van der Waals surface area contributed by atoms with Crippen LogP contribution in [-0.4, -0.2) is 86.5 Å². The predicted molar refractivity (Wildman–Crippen MR) is 192 cm³/mol. The minimum absolute atomic E-state index is 0.0267. The first kappa shape index (κ1) is 34.9. The summed E-state index contributed by atoms with van der Waals surface area (Å²) in [6, 6.07) is 16.1. The van der Waals surface area contributed by atoms with Crippen LogP contribution in [0.1, 0.15) is 77.1 Å². The lowest BCUT2D eigenvalue weighted by Gasteiger charge is -2.30. The van der Waals surface area contributed by atoms with Gasteiger partial charge in [0.15, 0.2) is 0 Å². The average Bonchev–Trinajstić information content (AvgIpc) is 3.95. The molecular formula is C38H48N8O4. The van der Waals surface area contributed by atoms with Gasteiger partial charge in [-0.05, 0) is 53.9 Å². The third kappa shape index (κ3) is 7.60. The Morgan fingerprint density at radius 2 is 1.26 bits per heavy atom. The van der Waals surface area contributed by atoms with Gasteiger partial charge in [0, 0.05) is 19.1 Å². The summed E-state index contributed by atoms with van der Waals surface area (Å²) >= 11 is 0. The van der Waals surface area contributed by atoms with Crippen LogP contribution in [-0.2, 0) is 14.3 Å². The molecule has 2 fully saturated rings. The van der Waals surface area contributed by atoms with Crippen LogP contribution >= 0.6 is 0 Å². The number of alkyl carbamates (subject to hydrolysis) is 1. The maximum atomic E-state index is 13.5. The minimum Gasteiger partial charge on any atom is -0.453 e. The van der Waals surface area contributed by atoms with Gasteiger partial charge in [0.05, 0.1) is 49.5 Å². The van der Waals surface area contributed by atoms with Gasteiger partial charge in [-0.1, -0.05) is 76.2 Å². The highest BCUT2D eigenvalue weighted by Crippen LogP contribution is 2.34. The second kappa shape index (κ2) is 15.3. The van der Waals surface area contributed by atoms with Crippen LogP contribution in [0.5, 0.6) is 0 Å². The number of imidazole rings is 2. The van der Waals surface area contributed by atoms with Crippen molar-refractivity contribution in [3.05, 3.63) is 72.6 Å². The molecule has 0 bridgehead atoms. The molecule has 0 saturated carbocycles. The lowest BCUT2D eigenvalue weighted by Crippen LogP contribution is -2.51. The maximum absolute atomic E-state index is 13.5. The molecule has 2 aromatic carbocycles. The van der Waals surface area contributed by atoms with E-state index in [1.54, 1.807) is 0 Å². The number of nitrogens with zero attached hydrogens (tertiary/aromatic N) is 4. The molecular weight excluding hydrogens is 632 g/mol. The summed E-state index contributed by atoms with van der Waals surface area (Å²) in [4.78, 5) is 58.3. The fourth-order valence-electron chi connectivity index (χ4n) is 6.93. The van der Waals surface area contributed by atoms with E-state index in [1.165, 1.54) is 7.11 Å². The third-order valence-electron chi connectivity index (χ3n) is 9.71. The number of hydrogen-bond donors (Lipinski definition) is 4. The first-order valence-electron chi connectivity index (χ1n) is 17.6. The van der Waals surface area contributed by atoms with Crippen molar-refractivity contribution in [3.8, 4) is 33.6 Å². The Hall–Kier alpha value is -4.97. The number of methoxy groups -OCH3 is 1. The summed E-state index contributed by atoms with van der Waals surface area (Å²) in [6.45, 7) is 9.60. The van der Waals surface area contributed by atoms with Gasteiger partial charge in [-0.3, -0.25) is 9.59 Å². The van der Waals surface area contributed by atoms with Gasteiger partial charge in [-0.15, -0.1) is 0 Å². The van der Waals surface area contributed by atoms with Crippen molar-refractivity contribution in [2.45, 2.75) is 77.5 Å². The van der Waals surface area contributed by atoms with Crippen molar-refractivity contribution in [2.75, 3.05) is 26.7 Å². The molecule has 4 aromatic rings. The summed E-state index contributed by atoms with van der Waals surface area (Å²) in [5, 5.41) is 5.93. The van der Waals surface area contributed by atoms with Gasteiger partial charge >= 0.3 is 6.09 Å². The van der Waals surface area contributed by atoms with E-state index in [1.807, 2.05) is 49.9 Å². The zero-order valence-corrected chi connectivity index (χ0v) is 29.5. The molecule has 3 amide bonds. The Labute approximate surface area is 293 Å². The molecule has 2 saturated heterocycles. The Morgan fingerprint density at radius 1 is 0.780 bits per heavy atom. The average molecular weight is 681 g/mol. The van der Waals surface area contributed by atoms with E-state index in [0.717, 1.165) is 77.5 Å². The fourth-order valence-corrected chi connectivity index (χ4v) is 6.93. The van der Waals surface area contributed by atoms with Gasteiger partial charge in [-0.25, -0.2) is 14.8 Å². The van der Waals surface area contributed by atoms with Gasteiger partial charge < -0.3 is 35.1 Å². The normalized spacial score (nSPS) is 18.2. The molecule has 6 rings (SSSR count). The van der Waals surface area contributed by atoms with E-state index >= 15 is 0 Å². The number of rotatable bonds is 11. The molecule has 3 atom stereocenters. The molecule has 0 spiro atoms. The van der Waals surface area contributed by atoms with Crippen LogP contribution in [0.3, 0.4) is 0 Å². The number of amides is 3. The lowest BCUT2D eigenvalue weighted by atomic mass is 10.0. The van der Waals surface area contributed by atoms with E-state index in [9.17, 15) is 14.4 Å². The molecule has 12 heteroatoms. The first-order chi connectivity index (χ1) is 24.1. The summed E-state index contributed by atoms with van der Waals surface area (Å²) in [5.74, 6) is 1.46. The van der Waals surface area contributed by atoms with Crippen LogP contribution in [0.25, 0.3) is 33.6 Å². The van der Waals surface area contributed by atoms with E-state index in [0.29, 0.717) is 13.1 Å². The quantitative estimate of drug-likeness (QED) is 0.156. The fraction of sp³-hybridized carbons (Fsp3) is 0.447. The van der Waals surface area contributed by atoms with E-state index in [-0.39, 0.29) is 35.9 Å². The molecule has 2 aromatic heterocycles. The maximum Gasteiger partial charge on any atom is 0.407 e. The smallest absolute Gasteiger partial charge is 0.407 e. The van der Waals surface area contributed by atoms with Crippen LogP contribution in [0, 0.1) is 5.92 Å². The van der Waals surface area contributed by atoms with Crippen LogP contribution in [0.4, 0.5) is 4.79 Å². The van der Waals surface area contributed by atoms with Crippen LogP contribution in [0.15, 0.2) is 60.9 Å². The van der Waals surface area contributed by atoms with Gasteiger partial charge in [0.25, 0.3) is 0 Å². The summed E-state index contributed by atoms with van der Waals surface area (Å²) in [7, 11) is 1.30. The number of aromatic nitrogens is 4. The van der Waals surface area contributed by atoms with E-state index < -0.39 is 12.1 Å². The largest absolute Gasteiger partial charge is 0.453 e. The van der Waals surface area contributed by atoms with Crippen molar-refractivity contribution in [2.24, 2.45) is 5.92 Å². The van der Waals surface area contributed by atoms with Gasteiger partial charge in [0.1, 0.15) is 17.7 Å². The molecule has 2 aliphatic rings. The molecule has 264 valence electrons. The molecule has 0 radical (unpaired) electrons. The van der Waals surface area contributed by atoms with Gasteiger partial charge in [0.2, 0.25) is 11.8 Å². The number of likely N-dealkylation sites (tertiary alicyclic amines) is 2. The Kier molecular flexibility index (Phi) is 10.7. The summed E-state index contributed by atoms with van der Waals surface area (Å²) in [6.07, 6.45) is 6.59. The van der Waals surface area contributed by atoms with E-state index in [4.69, 9.17) is 4.74 Å². The highest BCUT2D eigenvalue weighted by atomic mass is 16.5. The second-order valence-electron chi connectivity index (χ2n) is 13.8. The molecule has 50 heavy (non-hydrogen) atoms. The van der Waals surface area contributed by atoms with Crippen molar-refractivity contribution in [3.63, 3.8) is 0 Å². The molecule has 12 nitrogen and oxygen atoms in total. The van der Waals surface area contributed by atoms with Crippen LogP contribution < -0.4 is 10.6 Å². The van der Waals surface area contributed by atoms with Crippen molar-refractivity contribution >= 4 is 17.9 Å². The Balaban J connectivity index is 1.10. The summed E-state index contributed by atoms with van der Waals surface area (Å²) in [5.41, 5.74) is 6.02. The number of benzene rings is 2. The number of carbonyl (C=O) groups is 3. The number of hydrogen-bond acceptors (Lipinski definition) is 7. The first-order valence-corrected chi connectivity index (χ1v) is 17.6. The number of H-pyrrole nitrogens is 2. The zero-order valence-electron chi connectivity index (χ0n) is 29.5. The van der Waals surface area contributed by atoms with Crippen LogP contribution in [0.2, 0.25) is 0 Å². The Bertz CT molecular complexity index is 1780. The van der Waals surface area contributed by atoms with Gasteiger partial charge in [-0.2, -0.15) is 0 Å². The van der Waals surface area contributed by atoms with Crippen molar-refractivity contribution < 1.29 is 19.1 Å². The van der Waals surface area contributed by atoms with Crippen molar-refractivity contribution in [1.29, 1.82) is 0 Å². The molecule has 4 N–H and O–H groups in total. The van der Waals surface area contributed by atoms with Crippen molar-refractivity contribution in [1.82, 2.24) is 40.4 Å². The monoisotopic (exact) mass is 680 g/mol. The molecule has 2 aliphatic heterocycles. The predicted octanol–water partition coefficient (Wildman–Crippen LogP) is 5.84. The zero-order chi connectivity index (χ0) is 35.4. The Morgan fingerprint density at radius 3 is 1.74 bits per heavy atom. The minimum atomic E-state index is -0.673. The highest BCUT2D eigenvalue weighted by molar-refractivity contribution is 5.86. The SMILES string of the molecule is COC(=O)N[C@H](C(=O)N1CCC[C@H]1c1ncc(-c2ccc(-c3ccc(-c4cnc([C@@H]5CCCN5C(=O)CNC(C)C)[nH]4)cc3)cc2)[nH]1)C(C)C. The number of carbonyl (C=O) groups excluding carboxylic acids is 3. The summed E-state index contributed by atoms with van der Waals surface area (Å²) < 4.78 is 4.75. The second-order valence-corrected chi connectivity index (χ2v) is 13.8.